The molecule has 5 nitrogen and oxygen atoms in total. The van der Waals surface area contributed by atoms with E-state index in [2.05, 4.69) is 19.2 Å². The van der Waals surface area contributed by atoms with Gasteiger partial charge < -0.3 is 16.0 Å². The molecule has 1 atom stereocenters. The number of nitrogens with zero attached hydrogens (tertiary/aromatic N) is 1. The number of thioether (sulfide) groups is 1. The standard InChI is InChI=1S/C12H23N3O2S.ClH/c1-9(2)4-12(3,7-13)14-10(16)5-15-8-18-6-11(15)17;/h9H,4-8,13H2,1-3H3,(H,14,16);1H. The average Bonchev–Trinajstić information content (AvgIpc) is 2.63. The molecule has 0 aromatic rings. The van der Waals surface area contributed by atoms with Crippen molar-refractivity contribution in [2.24, 2.45) is 11.7 Å². The fourth-order valence-corrected chi connectivity index (χ4v) is 3.08. The highest BCUT2D eigenvalue weighted by atomic mass is 35.5. The van der Waals surface area contributed by atoms with Crippen LogP contribution in [0.15, 0.2) is 0 Å². The first-order valence-electron chi connectivity index (χ1n) is 6.23. The highest BCUT2D eigenvalue weighted by Crippen LogP contribution is 2.17. The van der Waals surface area contributed by atoms with Crippen molar-refractivity contribution in [1.82, 2.24) is 10.2 Å². The number of hydrogen-bond donors (Lipinski definition) is 2. The molecule has 1 unspecified atom stereocenters. The lowest BCUT2D eigenvalue weighted by molar-refractivity contribution is -0.133. The summed E-state index contributed by atoms with van der Waals surface area (Å²) in [5, 5.41) is 2.95. The molecule has 3 N–H and O–H groups in total. The fourth-order valence-electron chi connectivity index (χ4n) is 2.18. The number of rotatable bonds is 6. The van der Waals surface area contributed by atoms with Gasteiger partial charge in [-0.25, -0.2) is 0 Å². The SMILES string of the molecule is CC(C)CC(C)(CN)NC(=O)CN1CSCC1=O.Cl. The molecule has 2 amide bonds. The third-order valence-corrected chi connectivity index (χ3v) is 3.86. The second-order valence-corrected chi connectivity index (χ2v) is 6.44. The van der Waals surface area contributed by atoms with Gasteiger partial charge in [-0.2, -0.15) is 0 Å². The molecule has 0 aromatic heterocycles. The molecule has 1 fully saturated rings. The molecular formula is C12H24ClN3O2S. The van der Waals surface area contributed by atoms with Crippen molar-refractivity contribution in [3.63, 3.8) is 0 Å². The van der Waals surface area contributed by atoms with Crippen molar-refractivity contribution in [3.8, 4) is 0 Å². The zero-order chi connectivity index (χ0) is 13.8. The maximum absolute atomic E-state index is 11.9. The third kappa shape index (κ3) is 6.01. The van der Waals surface area contributed by atoms with E-state index in [1.165, 1.54) is 11.8 Å². The van der Waals surface area contributed by atoms with Gasteiger partial charge in [0.15, 0.2) is 0 Å². The van der Waals surface area contributed by atoms with Crippen molar-refractivity contribution in [3.05, 3.63) is 0 Å². The van der Waals surface area contributed by atoms with Gasteiger partial charge in [0.2, 0.25) is 11.8 Å². The van der Waals surface area contributed by atoms with Gasteiger partial charge in [-0.05, 0) is 19.3 Å². The molecule has 1 rings (SSSR count). The number of hydrogen-bond acceptors (Lipinski definition) is 4. The van der Waals surface area contributed by atoms with Gasteiger partial charge in [-0.1, -0.05) is 13.8 Å². The van der Waals surface area contributed by atoms with Crippen LogP contribution in [-0.2, 0) is 9.59 Å². The summed E-state index contributed by atoms with van der Waals surface area (Å²) in [4.78, 5) is 24.9. The summed E-state index contributed by atoms with van der Waals surface area (Å²) >= 11 is 1.54. The molecule has 0 saturated carbocycles. The summed E-state index contributed by atoms with van der Waals surface area (Å²) in [5.74, 6) is 1.46. The Morgan fingerprint density at radius 1 is 1.58 bits per heavy atom. The van der Waals surface area contributed by atoms with E-state index < -0.39 is 0 Å². The highest BCUT2D eigenvalue weighted by molar-refractivity contribution is 8.00. The topological polar surface area (TPSA) is 75.4 Å². The monoisotopic (exact) mass is 309 g/mol. The Bertz CT molecular complexity index is 328. The van der Waals surface area contributed by atoms with Crippen LogP contribution in [0.4, 0.5) is 0 Å². The normalized spacial score (nSPS) is 18.2. The average molecular weight is 310 g/mol. The second-order valence-electron chi connectivity index (χ2n) is 5.48. The number of carbonyl (C=O) groups excluding carboxylic acids is 2. The molecular weight excluding hydrogens is 286 g/mol. The summed E-state index contributed by atoms with van der Waals surface area (Å²) in [6.45, 7) is 6.69. The Morgan fingerprint density at radius 3 is 2.63 bits per heavy atom. The van der Waals surface area contributed by atoms with Crippen LogP contribution < -0.4 is 11.1 Å². The number of halogens is 1. The van der Waals surface area contributed by atoms with Gasteiger partial charge in [0.1, 0.15) is 6.54 Å². The van der Waals surface area contributed by atoms with Gasteiger partial charge in [0.25, 0.3) is 0 Å². The predicted molar refractivity (Wildman–Crippen MR) is 81.3 cm³/mol. The van der Waals surface area contributed by atoms with Crippen molar-refractivity contribution < 1.29 is 9.59 Å². The molecule has 112 valence electrons. The van der Waals surface area contributed by atoms with Gasteiger partial charge in [0.05, 0.1) is 11.6 Å². The van der Waals surface area contributed by atoms with Gasteiger partial charge in [-0.3, -0.25) is 9.59 Å². The lowest BCUT2D eigenvalue weighted by atomic mass is 9.91. The number of amides is 2. The molecule has 1 aliphatic rings. The van der Waals surface area contributed by atoms with Crippen LogP contribution in [0.5, 0.6) is 0 Å². The summed E-state index contributed by atoms with van der Waals surface area (Å²) in [7, 11) is 0. The van der Waals surface area contributed by atoms with E-state index in [0.29, 0.717) is 24.1 Å². The fraction of sp³-hybridized carbons (Fsp3) is 0.833. The highest BCUT2D eigenvalue weighted by Gasteiger charge is 2.28. The molecule has 0 aromatic carbocycles. The molecule has 1 heterocycles. The first kappa shape index (κ1) is 18.5. The minimum absolute atomic E-state index is 0. The van der Waals surface area contributed by atoms with E-state index in [4.69, 9.17) is 5.73 Å². The van der Waals surface area contributed by atoms with Crippen LogP contribution in [0.2, 0.25) is 0 Å². The van der Waals surface area contributed by atoms with E-state index in [0.717, 1.165) is 6.42 Å². The summed E-state index contributed by atoms with van der Waals surface area (Å²) in [6, 6.07) is 0. The van der Waals surface area contributed by atoms with Crippen LogP contribution in [0, 0.1) is 5.92 Å². The van der Waals surface area contributed by atoms with Gasteiger partial charge in [-0.15, -0.1) is 24.2 Å². The van der Waals surface area contributed by atoms with Gasteiger partial charge >= 0.3 is 0 Å². The third-order valence-electron chi connectivity index (χ3n) is 2.91. The van der Waals surface area contributed by atoms with Crippen molar-refractivity contribution >= 4 is 36.0 Å². The maximum Gasteiger partial charge on any atom is 0.240 e. The molecule has 0 aliphatic carbocycles. The zero-order valence-corrected chi connectivity index (χ0v) is 13.4. The number of nitrogens with one attached hydrogen (secondary N) is 1. The Balaban J connectivity index is 0.00000324. The maximum atomic E-state index is 11.9. The lowest BCUT2D eigenvalue weighted by Crippen LogP contribution is -2.54. The Hall–Kier alpha value is -0.460. The van der Waals surface area contributed by atoms with Crippen LogP contribution in [-0.4, -0.2) is 47.0 Å². The van der Waals surface area contributed by atoms with Crippen molar-refractivity contribution in [2.45, 2.75) is 32.7 Å². The largest absolute Gasteiger partial charge is 0.348 e. The number of nitrogens with two attached hydrogens (primary N) is 1. The minimum atomic E-state index is -0.388. The minimum Gasteiger partial charge on any atom is -0.348 e. The predicted octanol–water partition coefficient (Wildman–Crippen LogP) is 0.821. The molecule has 0 spiro atoms. The summed E-state index contributed by atoms with van der Waals surface area (Å²) in [6.07, 6.45) is 0.831. The molecule has 0 bridgehead atoms. The van der Waals surface area contributed by atoms with Crippen LogP contribution in [0.1, 0.15) is 27.2 Å². The van der Waals surface area contributed by atoms with E-state index >= 15 is 0 Å². The van der Waals surface area contributed by atoms with Crippen LogP contribution in [0.3, 0.4) is 0 Å². The zero-order valence-electron chi connectivity index (χ0n) is 11.8. The summed E-state index contributed by atoms with van der Waals surface area (Å²) in [5.41, 5.74) is 5.35. The van der Waals surface area contributed by atoms with Crippen LogP contribution in [0.25, 0.3) is 0 Å². The van der Waals surface area contributed by atoms with E-state index in [1.54, 1.807) is 4.90 Å². The van der Waals surface area contributed by atoms with Crippen LogP contribution >= 0.6 is 24.2 Å². The molecule has 19 heavy (non-hydrogen) atoms. The molecule has 0 radical (unpaired) electrons. The quantitative estimate of drug-likeness (QED) is 0.762. The van der Waals surface area contributed by atoms with E-state index in [-0.39, 0.29) is 36.3 Å². The first-order chi connectivity index (χ1) is 8.36. The van der Waals surface area contributed by atoms with Crippen molar-refractivity contribution in [1.29, 1.82) is 0 Å². The Morgan fingerprint density at radius 2 is 2.21 bits per heavy atom. The van der Waals surface area contributed by atoms with Crippen molar-refractivity contribution in [2.75, 3.05) is 24.7 Å². The van der Waals surface area contributed by atoms with Gasteiger partial charge in [0, 0.05) is 12.1 Å². The molecule has 1 saturated heterocycles. The lowest BCUT2D eigenvalue weighted by Gasteiger charge is -2.31. The molecule has 1 aliphatic heterocycles. The Labute approximate surface area is 125 Å². The van der Waals surface area contributed by atoms with E-state index in [9.17, 15) is 9.59 Å². The summed E-state index contributed by atoms with van der Waals surface area (Å²) < 4.78 is 0. The molecule has 7 heteroatoms. The van der Waals surface area contributed by atoms with E-state index in [1.807, 2.05) is 6.92 Å². The Kier molecular flexibility index (Phi) is 7.78. The smallest absolute Gasteiger partial charge is 0.240 e. The number of carbonyl (C=O) groups is 2. The first-order valence-corrected chi connectivity index (χ1v) is 7.38. The second kappa shape index (κ2) is 7.97.